The average molecular weight is 214 g/mol. The maximum absolute atomic E-state index is 11.2. The largest absolute Gasteiger partial charge is 0.464 e. The minimum absolute atomic E-state index is 0.332. The van der Waals surface area contributed by atoms with Gasteiger partial charge in [-0.3, -0.25) is 0 Å². The molecule has 0 aliphatic rings. The smallest absolute Gasteiger partial charge is 0.336 e. The van der Waals surface area contributed by atoms with Crippen molar-refractivity contribution in [3.05, 3.63) is 46.0 Å². The van der Waals surface area contributed by atoms with E-state index in [1.807, 2.05) is 19.9 Å². The molecular formula is C13H10O3. The van der Waals surface area contributed by atoms with E-state index >= 15 is 0 Å². The van der Waals surface area contributed by atoms with Crippen molar-refractivity contribution in [3.63, 3.8) is 0 Å². The minimum atomic E-state index is -0.332. The first-order chi connectivity index (χ1) is 7.68. The Balaban J connectivity index is 2.70. The molecule has 16 heavy (non-hydrogen) atoms. The highest BCUT2D eigenvalue weighted by molar-refractivity contribution is 6.00. The van der Waals surface area contributed by atoms with Gasteiger partial charge in [-0.15, -0.1) is 0 Å². The molecule has 2 aromatic heterocycles. The lowest BCUT2D eigenvalue weighted by atomic mass is 10.0. The molecular weight excluding hydrogens is 204 g/mol. The molecule has 0 amide bonds. The van der Waals surface area contributed by atoms with Gasteiger partial charge in [-0.1, -0.05) is 0 Å². The molecule has 0 aliphatic carbocycles. The quantitative estimate of drug-likeness (QED) is 0.540. The fourth-order valence-corrected chi connectivity index (χ4v) is 2.13. The van der Waals surface area contributed by atoms with E-state index in [0.717, 1.165) is 27.5 Å². The molecule has 3 nitrogen and oxygen atoms in total. The van der Waals surface area contributed by atoms with Crippen LogP contribution in [0.25, 0.3) is 21.9 Å². The van der Waals surface area contributed by atoms with Gasteiger partial charge in [0.1, 0.15) is 11.2 Å². The topological polar surface area (TPSA) is 43.4 Å². The van der Waals surface area contributed by atoms with Crippen LogP contribution in [0.3, 0.4) is 0 Å². The number of rotatable bonds is 0. The molecule has 0 fully saturated rings. The predicted octanol–water partition coefficient (Wildman–Crippen LogP) is 3.16. The van der Waals surface area contributed by atoms with Gasteiger partial charge in [-0.2, -0.15) is 0 Å². The van der Waals surface area contributed by atoms with Crippen molar-refractivity contribution >= 4 is 21.9 Å². The molecule has 3 aromatic rings. The predicted molar refractivity (Wildman–Crippen MR) is 61.7 cm³/mol. The molecule has 80 valence electrons. The van der Waals surface area contributed by atoms with E-state index in [1.165, 1.54) is 6.07 Å². The van der Waals surface area contributed by atoms with E-state index in [0.29, 0.717) is 5.58 Å². The van der Waals surface area contributed by atoms with Gasteiger partial charge in [0.15, 0.2) is 0 Å². The number of furan rings is 1. The van der Waals surface area contributed by atoms with Crippen molar-refractivity contribution in [2.45, 2.75) is 13.8 Å². The first-order valence-corrected chi connectivity index (χ1v) is 5.08. The Hall–Kier alpha value is -2.03. The molecule has 0 saturated carbocycles. The second-order valence-electron chi connectivity index (χ2n) is 3.91. The van der Waals surface area contributed by atoms with E-state index in [2.05, 4.69) is 0 Å². The monoisotopic (exact) mass is 214 g/mol. The van der Waals surface area contributed by atoms with Crippen LogP contribution in [0.1, 0.15) is 11.1 Å². The lowest BCUT2D eigenvalue weighted by Gasteiger charge is -2.05. The summed E-state index contributed by atoms with van der Waals surface area (Å²) in [7, 11) is 0. The van der Waals surface area contributed by atoms with Crippen LogP contribution in [-0.2, 0) is 0 Å². The van der Waals surface area contributed by atoms with Gasteiger partial charge >= 0.3 is 5.63 Å². The van der Waals surface area contributed by atoms with Crippen molar-refractivity contribution in [1.29, 1.82) is 0 Å². The maximum Gasteiger partial charge on any atom is 0.336 e. The summed E-state index contributed by atoms with van der Waals surface area (Å²) in [5, 5.41) is 2.03. The minimum Gasteiger partial charge on any atom is -0.464 e. The molecule has 0 saturated heterocycles. The standard InChI is InChI=1S/C13H10O3/c1-7-9-3-4-11(14)16-13(9)8(2)12-10(7)5-6-15-12/h3-6H,1-2H3. The Labute approximate surface area is 91.3 Å². The Kier molecular flexibility index (Phi) is 1.72. The molecule has 0 spiro atoms. The first kappa shape index (κ1) is 9.21. The zero-order valence-electron chi connectivity index (χ0n) is 9.03. The summed E-state index contributed by atoms with van der Waals surface area (Å²) in [6, 6.07) is 5.18. The highest BCUT2D eigenvalue weighted by Crippen LogP contribution is 2.31. The van der Waals surface area contributed by atoms with E-state index < -0.39 is 0 Å². The summed E-state index contributed by atoms with van der Waals surface area (Å²) in [6.07, 6.45) is 1.65. The van der Waals surface area contributed by atoms with Crippen LogP contribution >= 0.6 is 0 Å². The summed E-state index contributed by atoms with van der Waals surface area (Å²) >= 11 is 0. The third kappa shape index (κ3) is 1.05. The van der Waals surface area contributed by atoms with E-state index in [-0.39, 0.29) is 5.63 Å². The fraction of sp³-hybridized carbons (Fsp3) is 0.154. The molecule has 0 atom stereocenters. The Morgan fingerprint density at radius 1 is 0.938 bits per heavy atom. The third-order valence-corrected chi connectivity index (χ3v) is 2.99. The summed E-state index contributed by atoms with van der Waals surface area (Å²) in [4.78, 5) is 11.2. The van der Waals surface area contributed by atoms with Crippen LogP contribution in [0.2, 0.25) is 0 Å². The Bertz CT molecular complexity index is 747. The highest BCUT2D eigenvalue weighted by atomic mass is 16.4. The fourth-order valence-electron chi connectivity index (χ4n) is 2.13. The third-order valence-electron chi connectivity index (χ3n) is 2.99. The normalized spacial score (nSPS) is 11.4. The summed E-state index contributed by atoms with van der Waals surface area (Å²) in [5.74, 6) is 0. The van der Waals surface area contributed by atoms with Crippen LogP contribution in [0.4, 0.5) is 0 Å². The van der Waals surface area contributed by atoms with Crippen LogP contribution in [-0.4, -0.2) is 0 Å². The van der Waals surface area contributed by atoms with Gasteiger partial charge in [0.05, 0.1) is 6.26 Å². The van der Waals surface area contributed by atoms with Gasteiger partial charge in [0, 0.05) is 22.4 Å². The molecule has 0 N–H and O–H groups in total. The Morgan fingerprint density at radius 3 is 2.50 bits per heavy atom. The molecule has 0 aliphatic heterocycles. The van der Waals surface area contributed by atoms with Crippen LogP contribution in [0.5, 0.6) is 0 Å². The van der Waals surface area contributed by atoms with Crippen molar-refractivity contribution in [3.8, 4) is 0 Å². The second-order valence-corrected chi connectivity index (χ2v) is 3.91. The van der Waals surface area contributed by atoms with Gasteiger partial charge in [0.25, 0.3) is 0 Å². The number of hydrogen-bond donors (Lipinski definition) is 0. The van der Waals surface area contributed by atoms with Crippen LogP contribution in [0, 0.1) is 13.8 Å². The molecule has 2 heterocycles. The summed E-state index contributed by atoms with van der Waals surface area (Å²) in [5.41, 5.74) is 3.03. The van der Waals surface area contributed by atoms with E-state index in [1.54, 1.807) is 12.3 Å². The van der Waals surface area contributed by atoms with Crippen molar-refractivity contribution in [2.75, 3.05) is 0 Å². The first-order valence-electron chi connectivity index (χ1n) is 5.08. The van der Waals surface area contributed by atoms with Gasteiger partial charge < -0.3 is 8.83 Å². The zero-order chi connectivity index (χ0) is 11.3. The molecule has 3 rings (SSSR count). The number of hydrogen-bond acceptors (Lipinski definition) is 3. The lowest BCUT2D eigenvalue weighted by molar-refractivity contribution is 0.556. The molecule has 0 bridgehead atoms. The SMILES string of the molecule is Cc1c2ccoc2c(C)c2oc(=O)ccc12. The van der Waals surface area contributed by atoms with E-state index in [9.17, 15) is 4.79 Å². The highest BCUT2D eigenvalue weighted by Gasteiger charge is 2.12. The van der Waals surface area contributed by atoms with Gasteiger partial charge in [-0.05, 0) is 31.5 Å². The summed E-state index contributed by atoms with van der Waals surface area (Å²) in [6.45, 7) is 3.90. The van der Waals surface area contributed by atoms with Crippen molar-refractivity contribution in [2.24, 2.45) is 0 Å². The summed E-state index contributed by atoms with van der Waals surface area (Å²) < 4.78 is 10.7. The molecule has 0 unspecified atom stereocenters. The Morgan fingerprint density at radius 2 is 1.69 bits per heavy atom. The lowest BCUT2D eigenvalue weighted by Crippen LogP contribution is -1.97. The van der Waals surface area contributed by atoms with Crippen LogP contribution in [0.15, 0.2) is 38.1 Å². The average Bonchev–Trinajstić information content (AvgIpc) is 2.75. The molecule has 0 radical (unpaired) electrons. The maximum atomic E-state index is 11.2. The zero-order valence-corrected chi connectivity index (χ0v) is 9.03. The number of aryl methyl sites for hydroxylation is 2. The van der Waals surface area contributed by atoms with Gasteiger partial charge in [0.2, 0.25) is 0 Å². The van der Waals surface area contributed by atoms with Crippen molar-refractivity contribution < 1.29 is 8.83 Å². The molecule has 3 heteroatoms. The van der Waals surface area contributed by atoms with E-state index in [4.69, 9.17) is 8.83 Å². The van der Waals surface area contributed by atoms with Crippen LogP contribution < -0.4 is 5.63 Å². The van der Waals surface area contributed by atoms with Gasteiger partial charge in [-0.25, -0.2) is 4.79 Å². The number of benzene rings is 1. The van der Waals surface area contributed by atoms with Crippen molar-refractivity contribution in [1.82, 2.24) is 0 Å². The molecule has 1 aromatic carbocycles. The second kappa shape index (κ2) is 2.98. The number of fused-ring (bicyclic) bond motifs is 2.